The molecule has 0 aromatic rings. The zero-order chi connectivity index (χ0) is 13.1. The van der Waals surface area contributed by atoms with Crippen molar-refractivity contribution in [3.63, 3.8) is 0 Å². The van der Waals surface area contributed by atoms with Crippen LogP contribution in [0, 0.1) is 5.92 Å². The third-order valence-corrected chi connectivity index (χ3v) is 3.70. The van der Waals surface area contributed by atoms with Gasteiger partial charge < -0.3 is 20.6 Å². The number of carbonyl (C=O) groups is 1. The Morgan fingerprint density at radius 1 is 1.50 bits per heavy atom. The van der Waals surface area contributed by atoms with Gasteiger partial charge in [0.25, 0.3) is 0 Å². The molecule has 1 aliphatic carbocycles. The smallest absolute Gasteiger partial charge is 0.228 e. The first-order valence-electron chi connectivity index (χ1n) is 6.52. The maximum Gasteiger partial charge on any atom is 0.228 e. The fraction of sp³-hybridized carbons (Fsp3) is 0.833. The summed E-state index contributed by atoms with van der Waals surface area (Å²) in [4.78, 5) is 14.3. The van der Waals surface area contributed by atoms with E-state index in [-0.39, 0.29) is 23.8 Å². The number of amides is 1. The summed E-state index contributed by atoms with van der Waals surface area (Å²) in [6.45, 7) is 3.14. The van der Waals surface area contributed by atoms with Gasteiger partial charge in [0.05, 0.1) is 12.0 Å². The largest absolute Gasteiger partial charge is 0.409 e. The van der Waals surface area contributed by atoms with Crippen LogP contribution in [-0.2, 0) is 9.53 Å². The molecule has 1 heterocycles. The molecule has 2 rings (SSSR count). The van der Waals surface area contributed by atoms with Gasteiger partial charge in [-0.1, -0.05) is 5.16 Å². The first-order chi connectivity index (χ1) is 8.63. The van der Waals surface area contributed by atoms with E-state index in [2.05, 4.69) is 5.16 Å². The summed E-state index contributed by atoms with van der Waals surface area (Å²) in [5.74, 6) is 0.301. The van der Waals surface area contributed by atoms with E-state index in [4.69, 9.17) is 15.7 Å². The van der Waals surface area contributed by atoms with Crippen molar-refractivity contribution in [2.24, 2.45) is 16.8 Å². The molecule has 0 spiro atoms. The maximum absolute atomic E-state index is 12.4. The third-order valence-electron chi connectivity index (χ3n) is 3.70. The molecule has 3 N–H and O–H groups in total. The van der Waals surface area contributed by atoms with E-state index in [0.717, 1.165) is 19.3 Å². The molecule has 102 valence electrons. The molecule has 2 unspecified atom stereocenters. The molecule has 18 heavy (non-hydrogen) atoms. The van der Waals surface area contributed by atoms with Crippen LogP contribution in [0.2, 0.25) is 0 Å². The summed E-state index contributed by atoms with van der Waals surface area (Å²) in [6.07, 6.45) is 3.34. The molecule has 0 radical (unpaired) electrons. The maximum atomic E-state index is 12.4. The Morgan fingerprint density at radius 3 is 2.72 bits per heavy atom. The van der Waals surface area contributed by atoms with Crippen LogP contribution in [0.25, 0.3) is 0 Å². The molecular formula is C12H21N3O3. The lowest BCUT2D eigenvalue weighted by Gasteiger charge is -2.26. The first kappa shape index (κ1) is 13.1. The molecule has 6 nitrogen and oxygen atoms in total. The Hall–Kier alpha value is -1.30. The van der Waals surface area contributed by atoms with Crippen LogP contribution in [0.3, 0.4) is 0 Å². The number of hydrogen-bond donors (Lipinski definition) is 2. The number of rotatable bonds is 5. The average molecular weight is 255 g/mol. The fourth-order valence-electron chi connectivity index (χ4n) is 2.41. The minimum absolute atomic E-state index is 0.00241. The molecule has 6 heteroatoms. The number of amidine groups is 1. The van der Waals surface area contributed by atoms with Gasteiger partial charge in [-0.3, -0.25) is 4.79 Å². The third kappa shape index (κ3) is 2.93. The minimum atomic E-state index is -0.0297. The zero-order valence-electron chi connectivity index (χ0n) is 10.7. The highest BCUT2D eigenvalue weighted by Crippen LogP contribution is 2.31. The van der Waals surface area contributed by atoms with Crippen LogP contribution in [0.4, 0.5) is 0 Å². The summed E-state index contributed by atoms with van der Waals surface area (Å²) in [5, 5.41) is 11.5. The monoisotopic (exact) mass is 255 g/mol. The predicted molar refractivity (Wildman–Crippen MR) is 66.3 cm³/mol. The van der Waals surface area contributed by atoms with Gasteiger partial charge in [-0.15, -0.1) is 0 Å². The molecule has 1 aliphatic heterocycles. The van der Waals surface area contributed by atoms with Gasteiger partial charge in [0.1, 0.15) is 5.84 Å². The van der Waals surface area contributed by atoms with Crippen LogP contribution < -0.4 is 5.73 Å². The lowest BCUT2D eigenvalue weighted by atomic mass is 10.0. The lowest BCUT2D eigenvalue weighted by molar-refractivity contribution is -0.137. The standard InChI is InChI=1S/C12H21N3O3/c1-8-10(5-7-18-8)12(16)15(9-2-3-9)6-4-11(13)14-17/h8-10,17H,2-7H2,1H3,(H2,13,14). The second-order valence-electron chi connectivity index (χ2n) is 5.08. The molecule has 2 fully saturated rings. The van der Waals surface area contributed by atoms with E-state index >= 15 is 0 Å². The summed E-state index contributed by atoms with van der Waals surface area (Å²) < 4.78 is 5.45. The lowest BCUT2D eigenvalue weighted by Crippen LogP contribution is -2.41. The Morgan fingerprint density at radius 2 is 2.22 bits per heavy atom. The van der Waals surface area contributed by atoms with Crippen molar-refractivity contribution < 1.29 is 14.7 Å². The highest BCUT2D eigenvalue weighted by atomic mass is 16.5. The Kier molecular flexibility index (Phi) is 4.06. The van der Waals surface area contributed by atoms with Crippen LogP contribution in [0.5, 0.6) is 0 Å². The average Bonchev–Trinajstić information content (AvgIpc) is 3.10. The summed E-state index contributed by atoms with van der Waals surface area (Å²) >= 11 is 0. The van der Waals surface area contributed by atoms with E-state index in [0.29, 0.717) is 25.6 Å². The van der Waals surface area contributed by atoms with E-state index in [1.54, 1.807) is 0 Å². The van der Waals surface area contributed by atoms with Crippen molar-refractivity contribution in [2.45, 2.75) is 44.8 Å². The minimum Gasteiger partial charge on any atom is -0.409 e. The SMILES string of the molecule is CC1OCCC1C(=O)N(CCC(N)=NO)C1CC1. The molecule has 0 bridgehead atoms. The second-order valence-corrected chi connectivity index (χ2v) is 5.08. The van der Waals surface area contributed by atoms with Crippen LogP contribution in [0.1, 0.15) is 32.6 Å². The predicted octanol–water partition coefficient (Wildman–Crippen LogP) is 0.539. The topological polar surface area (TPSA) is 88.2 Å². The van der Waals surface area contributed by atoms with Gasteiger partial charge in [-0.05, 0) is 26.2 Å². The van der Waals surface area contributed by atoms with E-state index < -0.39 is 0 Å². The number of nitrogens with zero attached hydrogens (tertiary/aromatic N) is 2. The van der Waals surface area contributed by atoms with Gasteiger partial charge in [-0.2, -0.15) is 0 Å². The van der Waals surface area contributed by atoms with Crippen LogP contribution >= 0.6 is 0 Å². The quantitative estimate of drug-likeness (QED) is 0.325. The molecule has 2 aliphatic rings. The normalized spacial score (nSPS) is 28.4. The Labute approximate surface area is 107 Å². The Balaban J connectivity index is 1.94. The molecule has 1 saturated carbocycles. The van der Waals surface area contributed by atoms with Gasteiger partial charge in [-0.25, -0.2) is 0 Å². The number of oxime groups is 1. The van der Waals surface area contributed by atoms with Crippen LogP contribution in [-0.4, -0.2) is 47.1 Å². The van der Waals surface area contributed by atoms with E-state index in [9.17, 15) is 4.79 Å². The van der Waals surface area contributed by atoms with Crippen molar-refractivity contribution in [1.29, 1.82) is 0 Å². The van der Waals surface area contributed by atoms with Crippen molar-refractivity contribution in [1.82, 2.24) is 4.90 Å². The van der Waals surface area contributed by atoms with Gasteiger partial charge in [0.15, 0.2) is 0 Å². The van der Waals surface area contributed by atoms with Gasteiger partial charge in [0.2, 0.25) is 5.91 Å². The highest BCUT2D eigenvalue weighted by Gasteiger charge is 2.39. The molecule has 0 aromatic carbocycles. The number of nitrogens with two attached hydrogens (primary N) is 1. The number of hydrogen-bond acceptors (Lipinski definition) is 4. The highest BCUT2D eigenvalue weighted by molar-refractivity contribution is 5.83. The summed E-state index contributed by atoms with van der Waals surface area (Å²) in [7, 11) is 0. The van der Waals surface area contributed by atoms with Crippen molar-refractivity contribution in [3.05, 3.63) is 0 Å². The van der Waals surface area contributed by atoms with E-state index in [1.165, 1.54) is 0 Å². The zero-order valence-corrected chi connectivity index (χ0v) is 10.7. The first-order valence-corrected chi connectivity index (χ1v) is 6.52. The van der Waals surface area contributed by atoms with Gasteiger partial charge in [0, 0.05) is 25.6 Å². The number of carbonyl (C=O) groups excluding carboxylic acids is 1. The molecule has 0 aromatic heterocycles. The Bertz CT molecular complexity index is 341. The summed E-state index contributed by atoms with van der Waals surface area (Å²) in [6, 6.07) is 0.344. The van der Waals surface area contributed by atoms with E-state index in [1.807, 2.05) is 11.8 Å². The summed E-state index contributed by atoms with van der Waals surface area (Å²) in [5.41, 5.74) is 5.46. The molecule has 1 saturated heterocycles. The molecular weight excluding hydrogens is 234 g/mol. The van der Waals surface area contributed by atoms with Crippen molar-refractivity contribution >= 4 is 11.7 Å². The second kappa shape index (κ2) is 5.56. The van der Waals surface area contributed by atoms with Crippen molar-refractivity contribution in [2.75, 3.05) is 13.2 Å². The molecule has 2 atom stereocenters. The molecule has 1 amide bonds. The fourth-order valence-corrected chi connectivity index (χ4v) is 2.41. The van der Waals surface area contributed by atoms with Crippen molar-refractivity contribution in [3.8, 4) is 0 Å². The van der Waals surface area contributed by atoms with Crippen LogP contribution in [0.15, 0.2) is 5.16 Å². The van der Waals surface area contributed by atoms with Gasteiger partial charge >= 0.3 is 0 Å². The number of ether oxygens (including phenoxy) is 1.